The first kappa shape index (κ1) is 18.0. The molecule has 1 heterocycles. The summed E-state index contributed by atoms with van der Waals surface area (Å²) in [6, 6.07) is 8.24. The van der Waals surface area contributed by atoms with Crippen LogP contribution in [0.3, 0.4) is 0 Å². The highest BCUT2D eigenvalue weighted by Crippen LogP contribution is 2.34. The molecule has 0 fully saturated rings. The molecule has 1 aliphatic heterocycles. The summed E-state index contributed by atoms with van der Waals surface area (Å²) in [4.78, 5) is 0. The van der Waals surface area contributed by atoms with Crippen LogP contribution in [-0.4, -0.2) is 23.4 Å². The maximum Gasteiger partial charge on any atom is 0.157 e. The van der Waals surface area contributed by atoms with Gasteiger partial charge in [-0.05, 0) is 48.4 Å². The molecule has 2 aromatic carbocycles. The van der Waals surface area contributed by atoms with E-state index in [9.17, 15) is 10.2 Å². The molecule has 0 saturated heterocycles. The Balaban J connectivity index is 0.00000192. The molecular weight excluding hydrogens is 361 g/mol. The zero-order valence-corrected chi connectivity index (χ0v) is 14.4. The summed E-state index contributed by atoms with van der Waals surface area (Å²) < 4.78 is 5.76. The number of fused-ring (bicyclic) bond motifs is 1. The van der Waals surface area contributed by atoms with Crippen LogP contribution in [0, 0.1) is 0 Å². The quantitative estimate of drug-likeness (QED) is 0.706. The Bertz CT molecular complexity index is 709. The fourth-order valence-electron chi connectivity index (χ4n) is 2.56. The molecule has 3 rings (SSSR count). The molecule has 7 heteroatoms. The third-order valence-electron chi connectivity index (χ3n) is 3.70. The SMILES string of the molecule is Cl.Oc1cc2c(cc1O)C(COc1ccc(Cl)c(Cl)c1)NCC2. The number of hydrogen-bond acceptors (Lipinski definition) is 4. The Hall–Kier alpha value is -1.33. The maximum atomic E-state index is 9.69. The molecule has 3 N–H and O–H groups in total. The summed E-state index contributed by atoms with van der Waals surface area (Å²) in [6.07, 6.45) is 0.798. The van der Waals surface area contributed by atoms with Crippen LogP contribution in [0.4, 0.5) is 0 Å². The van der Waals surface area contributed by atoms with Gasteiger partial charge in [0.25, 0.3) is 0 Å². The number of aromatic hydroxyl groups is 2. The molecule has 0 aromatic heterocycles. The summed E-state index contributed by atoms with van der Waals surface area (Å²) in [7, 11) is 0. The number of ether oxygens (including phenoxy) is 1. The van der Waals surface area contributed by atoms with Gasteiger partial charge in [0, 0.05) is 6.07 Å². The molecule has 0 amide bonds. The second-order valence-electron chi connectivity index (χ2n) is 5.18. The van der Waals surface area contributed by atoms with Crippen LogP contribution in [0.5, 0.6) is 17.2 Å². The average Bonchev–Trinajstić information content (AvgIpc) is 2.50. The van der Waals surface area contributed by atoms with Crippen molar-refractivity contribution in [3.63, 3.8) is 0 Å². The lowest BCUT2D eigenvalue weighted by molar-refractivity contribution is 0.260. The fraction of sp³-hybridized carbons (Fsp3) is 0.250. The molecule has 1 atom stereocenters. The molecule has 124 valence electrons. The summed E-state index contributed by atoms with van der Waals surface area (Å²) in [5.41, 5.74) is 1.94. The predicted molar refractivity (Wildman–Crippen MR) is 93.4 cm³/mol. The van der Waals surface area contributed by atoms with E-state index < -0.39 is 0 Å². The van der Waals surface area contributed by atoms with Crippen molar-refractivity contribution in [2.24, 2.45) is 0 Å². The van der Waals surface area contributed by atoms with Crippen molar-refractivity contribution in [3.05, 3.63) is 51.5 Å². The van der Waals surface area contributed by atoms with Gasteiger partial charge in [0.2, 0.25) is 0 Å². The van der Waals surface area contributed by atoms with Crippen molar-refractivity contribution in [2.75, 3.05) is 13.2 Å². The average molecular weight is 377 g/mol. The molecule has 2 aromatic rings. The Morgan fingerprint density at radius 2 is 1.83 bits per heavy atom. The van der Waals surface area contributed by atoms with Gasteiger partial charge in [-0.3, -0.25) is 0 Å². The van der Waals surface area contributed by atoms with E-state index in [-0.39, 0.29) is 29.9 Å². The lowest BCUT2D eigenvalue weighted by Gasteiger charge is -2.27. The predicted octanol–water partition coefficient (Wildman–Crippen LogP) is 4.09. The molecule has 0 radical (unpaired) electrons. The maximum absolute atomic E-state index is 9.69. The Labute approximate surface area is 150 Å². The highest BCUT2D eigenvalue weighted by atomic mass is 35.5. The van der Waals surface area contributed by atoms with E-state index in [0.29, 0.717) is 22.4 Å². The normalized spacial score (nSPS) is 16.3. The van der Waals surface area contributed by atoms with Crippen LogP contribution in [0.2, 0.25) is 10.0 Å². The van der Waals surface area contributed by atoms with Crippen LogP contribution in [-0.2, 0) is 6.42 Å². The van der Waals surface area contributed by atoms with E-state index in [4.69, 9.17) is 27.9 Å². The van der Waals surface area contributed by atoms with Crippen LogP contribution in [0.1, 0.15) is 17.2 Å². The van der Waals surface area contributed by atoms with E-state index in [1.54, 1.807) is 30.3 Å². The van der Waals surface area contributed by atoms with Gasteiger partial charge in [-0.25, -0.2) is 0 Å². The minimum Gasteiger partial charge on any atom is -0.504 e. The number of benzene rings is 2. The van der Waals surface area contributed by atoms with Crippen LogP contribution < -0.4 is 10.1 Å². The summed E-state index contributed by atoms with van der Waals surface area (Å²) in [5.74, 6) is 0.415. The number of phenols is 2. The minimum atomic E-state index is -0.123. The van der Waals surface area contributed by atoms with Gasteiger partial charge >= 0.3 is 0 Å². The fourth-order valence-corrected chi connectivity index (χ4v) is 2.85. The monoisotopic (exact) mass is 375 g/mol. The zero-order valence-electron chi connectivity index (χ0n) is 12.1. The van der Waals surface area contributed by atoms with Crippen molar-refractivity contribution in [2.45, 2.75) is 12.5 Å². The van der Waals surface area contributed by atoms with Crippen molar-refractivity contribution in [1.29, 1.82) is 0 Å². The molecule has 1 aliphatic rings. The molecule has 0 bridgehead atoms. The molecule has 0 spiro atoms. The molecule has 1 unspecified atom stereocenters. The van der Waals surface area contributed by atoms with Gasteiger partial charge in [-0.15, -0.1) is 12.4 Å². The number of hydrogen-bond donors (Lipinski definition) is 3. The van der Waals surface area contributed by atoms with Crippen molar-refractivity contribution >= 4 is 35.6 Å². The molecule has 0 saturated carbocycles. The highest BCUT2D eigenvalue weighted by molar-refractivity contribution is 6.42. The number of phenolic OH excluding ortho intramolecular Hbond substituents is 2. The van der Waals surface area contributed by atoms with Gasteiger partial charge in [0.05, 0.1) is 16.1 Å². The Morgan fingerprint density at radius 1 is 1.09 bits per heavy atom. The van der Waals surface area contributed by atoms with E-state index >= 15 is 0 Å². The first-order chi connectivity index (χ1) is 10.5. The lowest BCUT2D eigenvalue weighted by atomic mass is 9.94. The Kier molecular flexibility index (Phi) is 5.87. The second kappa shape index (κ2) is 7.49. The molecule has 4 nitrogen and oxygen atoms in total. The summed E-state index contributed by atoms with van der Waals surface area (Å²) >= 11 is 11.8. The van der Waals surface area contributed by atoms with Crippen LogP contribution in [0.25, 0.3) is 0 Å². The van der Waals surface area contributed by atoms with Crippen molar-refractivity contribution < 1.29 is 14.9 Å². The third-order valence-corrected chi connectivity index (χ3v) is 4.44. The van der Waals surface area contributed by atoms with Gasteiger partial charge in [-0.1, -0.05) is 23.2 Å². The summed E-state index contributed by atoms with van der Waals surface area (Å²) in [5, 5.41) is 23.6. The van der Waals surface area contributed by atoms with E-state index in [0.717, 1.165) is 24.1 Å². The first-order valence-electron chi connectivity index (χ1n) is 6.90. The van der Waals surface area contributed by atoms with Gasteiger partial charge in [0.15, 0.2) is 11.5 Å². The molecular formula is C16H16Cl3NO3. The van der Waals surface area contributed by atoms with Gasteiger partial charge in [-0.2, -0.15) is 0 Å². The summed E-state index contributed by atoms with van der Waals surface area (Å²) in [6.45, 7) is 1.17. The largest absolute Gasteiger partial charge is 0.504 e. The minimum absolute atomic E-state index is 0. The van der Waals surface area contributed by atoms with Crippen LogP contribution in [0.15, 0.2) is 30.3 Å². The van der Waals surface area contributed by atoms with E-state index in [1.165, 1.54) is 0 Å². The smallest absolute Gasteiger partial charge is 0.157 e. The van der Waals surface area contributed by atoms with Crippen molar-refractivity contribution in [3.8, 4) is 17.2 Å². The topological polar surface area (TPSA) is 61.7 Å². The molecule has 0 aliphatic carbocycles. The lowest BCUT2D eigenvalue weighted by Crippen LogP contribution is -2.33. The number of rotatable bonds is 3. The highest BCUT2D eigenvalue weighted by Gasteiger charge is 2.22. The molecule has 23 heavy (non-hydrogen) atoms. The second-order valence-corrected chi connectivity index (χ2v) is 6.00. The first-order valence-corrected chi connectivity index (χ1v) is 7.66. The zero-order chi connectivity index (χ0) is 15.7. The van der Waals surface area contributed by atoms with E-state index in [1.807, 2.05) is 0 Å². The standard InChI is InChI=1S/C16H15Cl2NO3.ClH/c17-12-2-1-10(6-13(12)18)22-8-14-11-7-16(21)15(20)5-9(11)3-4-19-14;/h1-2,5-7,14,19-21H,3-4,8H2;1H. The number of halogens is 3. The van der Waals surface area contributed by atoms with Gasteiger partial charge < -0.3 is 20.3 Å². The third kappa shape index (κ3) is 3.96. The van der Waals surface area contributed by atoms with Crippen molar-refractivity contribution in [1.82, 2.24) is 5.32 Å². The van der Waals surface area contributed by atoms with Crippen LogP contribution >= 0.6 is 35.6 Å². The number of nitrogens with one attached hydrogen (secondary N) is 1. The Morgan fingerprint density at radius 3 is 2.57 bits per heavy atom. The van der Waals surface area contributed by atoms with E-state index in [2.05, 4.69) is 5.32 Å². The van der Waals surface area contributed by atoms with Gasteiger partial charge in [0.1, 0.15) is 12.4 Å².